The molecule has 3 heterocycles. The number of carbonyl (C=O) groups is 4. The van der Waals surface area contributed by atoms with Crippen molar-refractivity contribution in [2.24, 2.45) is 0 Å². The summed E-state index contributed by atoms with van der Waals surface area (Å²) < 4.78 is 5.44. The van der Waals surface area contributed by atoms with Gasteiger partial charge < -0.3 is 30.6 Å². The molecule has 2 saturated heterocycles. The number of likely N-dealkylation sites (N-methyl/N-ethyl adjacent to an activating group) is 1. The normalized spacial score (nSPS) is 18.7. The fourth-order valence-electron chi connectivity index (χ4n) is 6.62. The van der Waals surface area contributed by atoms with Crippen LogP contribution in [0.1, 0.15) is 58.1 Å². The maximum Gasteiger partial charge on any atom is 0.408 e. The largest absolute Gasteiger partial charge is 0.444 e. The Hall–Kier alpha value is -5.16. The smallest absolute Gasteiger partial charge is 0.408 e. The molecule has 2 aliphatic rings. The average molecular weight is 665 g/mol. The molecule has 3 aromatic carbocycles. The summed E-state index contributed by atoms with van der Waals surface area (Å²) in [4.78, 5) is 60.0. The number of hydrogen-bond donors (Lipinski definition) is 4. The van der Waals surface area contributed by atoms with Crippen LogP contribution in [0.4, 0.5) is 16.2 Å². The van der Waals surface area contributed by atoms with E-state index in [9.17, 15) is 19.2 Å². The van der Waals surface area contributed by atoms with Crippen molar-refractivity contribution in [3.05, 3.63) is 84.4 Å². The molecule has 0 saturated carbocycles. The molecule has 3 atom stereocenters. The van der Waals surface area contributed by atoms with E-state index in [4.69, 9.17) is 4.74 Å². The van der Waals surface area contributed by atoms with Crippen LogP contribution in [0.3, 0.4) is 0 Å². The zero-order valence-electron chi connectivity index (χ0n) is 28.4. The van der Waals surface area contributed by atoms with E-state index in [1.54, 1.807) is 49.9 Å². The van der Waals surface area contributed by atoms with Crippen LogP contribution in [0.2, 0.25) is 0 Å². The Kier molecular flexibility index (Phi) is 9.73. The van der Waals surface area contributed by atoms with Gasteiger partial charge in [-0.2, -0.15) is 0 Å². The van der Waals surface area contributed by atoms with Gasteiger partial charge in [0.1, 0.15) is 17.7 Å². The fourth-order valence-corrected chi connectivity index (χ4v) is 6.62. The second-order valence-electron chi connectivity index (χ2n) is 13.9. The van der Waals surface area contributed by atoms with E-state index < -0.39 is 23.8 Å². The molecule has 11 heteroatoms. The van der Waals surface area contributed by atoms with Gasteiger partial charge in [0.05, 0.1) is 6.04 Å². The number of aromatic amines is 1. The minimum absolute atomic E-state index is 0.0199. The number of rotatable bonds is 8. The van der Waals surface area contributed by atoms with Gasteiger partial charge in [0, 0.05) is 34.5 Å². The highest BCUT2D eigenvalue weighted by molar-refractivity contribution is 6.00. The quantitative estimate of drug-likeness (QED) is 0.181. The molecule has 6 rings (SSSR count). The number of amides is 4. The number of nitrogens with one attached hydrogen (secondary N) is 4. The van der Waals surface area contributed by atoms with Crippen LogP contribution in [0.25, 0.3) is 22.2 Å². The number of anilines is 2. The number of ether oxygens (including phenoxy) is 1. The van der Waals surface area contributed by atoms with Crippen molar-refractivity contribution >= 4 is 46.1 Å². The van der Waals surface area contributed by atoms with Gasteiger partial charge in [0.2, 0.25) is 11.8 Å². The molecule has 0 unspecified atom stereocenters. The van der Waals surface area contributed by atoms with Crippen molar-refractivity contribution in [2.45, 2.75) is 70.2 Å². The number of fused-ring (bicyclic) bond motifs is 1. The maximum absolute atomic E-state index is 13.9. The first-order chi connectivity index (χ1) is 23.4. The summed E-state index contributed by atoms with van der Waals surface area (Å²) in [5, 5.41) is 9.68. The molecule has 0 bridgehead atoms. The van der Waals surface area contributed by atoms with Gasteiger partial charge in [-0.15, -0.1) is 0 Å². The molecule has 0 aliphatic carbocycles. The van der Waals surface area contributed by atoms with Crippen LogP contribution >= 0.6 is 0 Å². The lowest BCUT2D eigenvalue weighted by atomic mass is 10.0. The van der Waals surface area contributed by atoms with Crippen LogP contribution in [-0.4, -0.2) is 76.4 Å². The third kappa shape index (κ3) is 7.94. The van der Waals surface area contributed by atoms with Crippen molar-refractivity contribution in [2.75, 3.05) is 30.8 Å². The molecule has 11 nitrogen and oxygen atoms in total. The fraction of sp³-hybridized carbons (Fsp3) is 0.368. The van der Waals surface area contributed by atoms with Crippen molar-refractivity contribution in [3.63, 3.8) is 0 Å². The summed E-state index contributed by atoms with van der Waals surface area (Å²) in [5.41, 5.74) is 4.02. The standard InChI is InChI=1S/C38H44N6O5/c1-38(2,3)49-37(48)42-33(25-10-6-5-7-11-25)36(47)44-21-9-13-32(44)35(46)40-28-18-19-29-26(22-28)23-30(41-29)24-14-16-27(17-15-24)39-34(45)31-12-8-20-43(31)4/h5-7,10-11,14-19,22-23,31-33,41H,8-9,12-13,20-21H2,1-4H3,(H,39,45)(H,40,46)(H,42,48)/t31-,32-,33+/m0/s1. The topological polar surface area (TPSA) is 136 Å². The minimum Gasteiger partial charge on any atom is -0.444 e. The van der Waals surface area contributed by atoms with Crippen molar-refractivity contribution < 1.29 is 23.9 Å². The summed E-state index contributed by atoms with van der Waals surface area (Å²) in [7, 11) is 1.98. The Balaban J connectivity index is 1.12. The number of H-pyrrole nitrogens is 1. The molecule has 2 fully saturated rings. The first-order valence-corrected chi connectivity index (χ1v) is 16.9. The minimum atomic E-state index is -1.00. The molecule has 4 amide bonds. The second kappa shape index (κ2) is 14.1. The van der Waals surface area contributed by atoms with Crippen LogP contribution in [-0.2, 0) is 19.1 Å². The van der Waals surface area contributed by atoms with Gasteiger partial charge >= 0.3 is 6.09 Å². The van der Waals surface area contributed by atoms with Crippen molar-refractivity contribution in [3.8, 4) is 11.3 Å². The summed E-state index contributed by atoms with van der Waals surface area (Å²) >= 11 is 0. The van der Waals surface area contributed by atoms with Crippen molar-refractivity contribution in [1.82, 2.24) is 20.1 Å². The van der Waals surface area contributed by atoms with Gasteiger partial charge in [-0.1, -0.05) is 42.5 Å². The highest BCUT2D eigenvalue weighted by Crippen LogP contribution is 2.29. The number of likely N-dealkylation sites (tertiary alicyclic amines) is 2. The summed E-state index contributed by atoms with van der Waals surface area (Å²) in [6.07, 6.45) is 2.37. The third-order valence-corrected chi connectivity index (χ3v) is 9.05. The summed E-state index contributed by atoms with van der Waals surface area (Å²) in [6.45, 7) is 6.61. The number of nitrogens with zero attached hydrogens (tertiary/aromatic N) is 2. The van der Waals surface area contributed by atoms with Gasteiger partial charge in [0.15, 0.2) is 0 Å². The first kappa shape index (κ1) is 33.7. The van der Waals surface area contributed by atoms with Gasteiger partial charge in [-0.05, 0) is 108 Å². The number of alkyl carbamates (subject to hydrolysis) is 1. The predicted molar refractivity (Wildman–Crippen MR) is 190 cm³/mol. The number of hydrogen-bond acceptors (Lipinski definition) is 6. The van der Waals surface area contributed by atoms with E-state index in [0.29, 0.717) is 30.6 Å². The SMILES string of the molecule is CN1CCC[C@H]1C(=O)Nc1ccc(-c2cc3cc(NC(=O)[C@@H]4CCCN4C(=O)[C@H](NC(=O)OC(C)(C)C)c4ccccc4)ccc3[nH]2)cc1. The molecule has 256 valence electrons. The monoisotopic (exact) mass is 664 g/mol. The number of aromatic nitrogens is 1. The Morgan fingerprint density at radius 1 is 0.816 bits per heavy atom. The molecule has 4 N–H and O–H groups in total. The highest BCUT2D eigenvalue weighted by atomic mass is 16.6. The van der Waals surface area contributed by atoms with E-state index in [1.807, 2.05) is 61.6 Å². The van der Waals surface area contributed by atoms with E-state index in [0.717, 1.165) is 47.2 Å². The lowest BCUT2D eigenvalue weighted by Crippen LogP contribution is -2.49. The molecular formula is C38H44N6O5. The molecule has 49 heavy (non-hydrogen) atoms. The zero-order valence-corrected chi connectivity index (χ0v) is 28.4. The van der Waals surface area contributed by atoms with Gasteiger partial charge in [0.25, 0.3) is 5.91 Å². The summed E-state index contributed by atoms with van der Waals surface area (Å²) in [6, 6.07) is 22.6. The number of benzene rings is 3. The predicted octanol–water partition coefficient (Wildman–Crippen LogP) is 6.06. The lowest BCUT2D eigenvalue weighted by molar-refractivity contribution is -0.138. The van der Waals surface area contributed by atoms with Crippen LogP contribution < -0.4 is 16.0 Å². The van der Waals surface area contributed by atoms with Crippen LogP contribution in [0.5, 0.6) is 0 Å². The lowest BCUT2D eigenvalue weighted by Gasteiger charge is -2.29. The molecular weight excluding hydrogens is 620 g/mol. The first-order valence-electron chi connectivity index (χ1n) is 16.9. The third-order valence-electron chi connectivity index (χ3n) is 9.05. The Morgan fingerprint density at radius 3 is 2.16 bits per heavy atom. The van der Waals surface area contributed by atoms with Crippen LogP contribution in [0.15, 0.2) is 78.9 Å². The van der Waals surface area contributed by atoms with Gasteiger partial charge in [-0.3, -0.25) is 19.3 Å². The maximum atomic E-state index is 13.9. The molecule has 1 aromatic heterocycles. The molecule has 0 radical (unpaired) electrons. The Morgan fingerprint density at radius 2 is 1.47 bits per heavy atom. The van der Waals surface area contributed by atoms with Crippen LogP contribution in [0, 0.1) is 0 Å². The van der Waals surface area contributed by atoms with E-state index in [2.05, 4.69) is 25.8 Å². The average Bonchev–Trinajstić information content (AvgIpc) is 3.83. The summed E-state index contributed by atoms with van der Waals surface area (Å²) in [5.74, 6) is -0.630. The number of carbonyl (C=O) groups excluding carboxylic acids is 4. The Bertz CT molecular complexity index is 1830. The highest BCUT2D eigenvalue weighted by Gasteiger charge is 2.39. The molecule has 4 aromatic rings. The second-order valence-corrected chi connectivity index (χ2v) is 13.9. The molecule has 0 spiro atoms. The van der Waals surface area contributed by atoms with Gasteiger partial charge in [-0.25, -0.2) is 4.79 Å². The van der Waals surface area contributed by atoms with E-state index >= 15 is 0 Å². The van der Waals surface area contributed by atoms with E-state index in [1.165, 1.54) is 0 Å². The zero-order chi connectivity index (χ0) is 34.7. The van der Waals surface area contributed by atoms with Crippen molar-refractivity contribution in [1.29, 1.82) is 0 Å². The van der Waals surface area contributed by atoms with E-state index in [-0.39, 0.29) is 23.8 Å². The molecule has 2 aliphatic heterocycles. The Labute approximate surface area is 286 Å².